The molecule has 1 aliphatic rings. The summed E-state index contributed by atoms with van der Waals surface area (Å²) in [5, 5.41) is 4.91. The van der Waals surface area contributed by atoms with Crippen molar-refractivity contribution >= 4 is 17.2 Å². The van der Waals surface area contributed by atoms with Crippen molar-refractivity contribution in [2.24, 2.45) is 5.92 Å². The van der Waals surface area contributed by atoms with Gasteiger partial charge < -0.3 is 9.73 Å². The van der Waals surface area contributed by atoms with Crippen LogP contribution in [0.25, 0.3) is 10.6 Å². The topological polar surface area (TPSA) is 42.2 Å². The summed E-state index contributed by atoms with van der Waals surface area (Å²) < 4.78 is 5.67. The molecule has 1 saturated carbocycles. The summed E-state index contributed by atoms with van der Waals surface area (Å²) in [5.41, 5.74) is 0. The average molecular weight is 247 g/mol. The molecule has 2 heterocycles. The predicted molar refractivity (Wildman–Crippen MR) is 66.6 cm³/mol. The Morgan fingerprint density at radius 1 is 1.41 bits per heavy atom. The smallest absolute Gasteiger partial charge is 0.223 e. The van der Waals surface area contributed by atoms with E-state index in [0.717, 1.165) is 29.2 Å². The highest BCUT2D eigenvalue weighted by molar-refractivity contribution is 7.13. The van der Waals surface area contributed by atoms with Gasteiger partial charge in [0.1, 0.15) is 11.5 Å². The summed E-state index contributed by atoms with van der Waals surface area (Å²) >= 11 is 1.65. The molecule has 2 aromatic heterocycles. The lowest BCUT2D eigenvalue weighted by molar-refractivity contribution is -0.122. The summed E-state index contributed by atoms with van der Waals surface area (Å²) in [7, 11) is 0. The van der Waals surface area contributed by atoms with Gasteiger partial charge in [0.2, 0.25) is 5.91 Å². The van der Waals surface area contributed by atoms with Gasteiger partial charge in [-0.3, -0.25) is 4.79 Å². The number of carbonyl (C=O) groups is 1. The largest absolute Gasteiger partial charge is 0.458 e. The van der Waals surface area contributed by atoms with Crippen LogP contribution in [-0.2, 0) is 11.3 Å². The highest BCUT2D eigenvalue weighted by Gasteiger charge is 2.29. The zero-order chi connectivity index (χ0) is 11.7. The fraction of sp³-hybridized carbons (Fsp3) is 0.308. The van der Waals surface area contributed by atoms with Crippen molar-refractivity contribution < 1.29 is 9.21 Å². The third kappa shape index (κ3) is 2.42. The maximum absolute atomic E-state index is 11.5. The average Bonchev–Trinajstić information content (AvgIpc) is 2.87. The van der Waals surface area contributed by atoms with Crippen LogP contribution >= 0.6 is 11.3 Å². The summed E-state index contributed by atoms with van der Waals surface area (Å²) in [6, 6.07) is 7.89. The Kier molecular flexibility index (Phi) is 2.73. The predicted octanol–water partition coefficient (Wildman–Crippen LogP) is 3.03. The van der Waals surface area contributed by atoms with Crippen LogP contribution in [0, 0.1) is 5.92 Å². The Hall–Kier alpha value is -1.55. The van der Waals surface area contributed by atoms with E-state index in [-0.39, 0.29) is 11.8 Å². The number of thiophene rings is 1. The summed E-state index contributed by atoms with van der Waals surface area (Å²) in [4.78, 5) is 12.6. The summed E-state index contributed by atoms with van der Waals surface area (Å²) in [6.45, 7) is 0.487. The van der Waals surface area contributed by atoms with Crippen molar-refractivity contribution in [1.29, 1.82) is 0 Å². The minimum Gasteiger partial charge on any atom is -0.458 e. The molecule has 2 aromatic rings. The molecule has 17 heavy (non-hydrogen) atoms. The van der Waals surface area contributed by atoms with Crippen LogP contribution in [0.1, 0.15) is 18.6 Å². The normalized spacial score (nSPS) is 14.8. The molecule has 0 atom stereocenters. The molecule has 1 amide bonds. The molecule has 3 nitrogen and oxygen atoms in total. The molecular formula is C13H13NO2S. The number of nitrogens with one attached hydrogen (secondary N) is 1. The van der Waals surface area contributed by atoms with Gasteiger partial charge in [-0.05, 0) is 36.4 Å². The highest BCUT2D eigenvalue weighted by atomic mass is 32.1. The Bertz CT molecular complexity index is 511. The van der Waals surface area contributed by atoms with Gasteiger partial charge in [0.05, 0.1) is 11.4 Å². The molecular weight excluding hydrogens is 234 g/mol. The lowest BCUT2D eigenvalue weighted by Crippen LogP contribution is -2.23. The van der Waals surface area contributed by atoms with Crippen LogP contribution in [-0.4, -0.2) is 5.91 Å². The number of carbonyl (C=O) groups excluding carboxylic acids is 1. The summed E-state index contributed by atoms with van der Waals surface area (Å²) in [5.74, 6) is 2.08. The lowest BCUT2D eigenvalue weighted by Gasteiger charge is -2.00. The maximum Gasteiger partial charge on any atom is 0.223 e. The SMILES string of the molecule is O=C(NCc1ccc(-c2cccs2)o1)C1CC1. The van der Waals surface area contributed by atoms with Gasteiger partial charge in [-0.15, -0.1) is 11.3 Å². The first-order valence-corrected chi connectivity index (χ1v) is 6.61. The van der Waals surface area contributed by atoms with Crippen molar-refractivity contribution in [1.82, 2.24) is 5.32 Å². The molecule has 0 aromatic carbocycles. The minimum atomic E-state index is 0.152. The van der Waals surface area contributed by atoms with E-state index in [1.54, 1.807) is 11.3 Å². The molecule has 88 valence electrons. The molecule has 1 aliphatic carbocycles. The second kappa shape index (κ2) is 4.37. The van der Waals surface area contributed by atoms with E-state index in [9.17, 15) is 4.79 Å². The van der Waals surface area contributed by atoms with E-state index < -0.39 is 0 Å². The third-order valence-corrected chi connectivity index (χ3v) is 3.70. The molecule has 0 aliphatic heterocycles. The van der Waals surface area contributed by atoms with Crippen molar-refractivity contribution in [3.8, 4) is 10.6 Å². The van der Waals surface area contributed by atoms with Gasteiger partial charge in [0.15, 0.2) is 0 Å². The third-order valence-electron chi connectivity index (χ3n) is 2.81. The zero-order valence-electron chi connectivity index (χ0n) is 9.31. The second-order valence-corrected chi connectivity index (χ2v) is 5.18. The molecule has 4 heteroatoms. The Morgan fingerprint density at radius 2 is 2.29 bits per heavy atom. The van der Waals surface area contributed by atoms with E-state index in [0.29, 0.717) is 6.54 Å². The fourth-order valence-corrected chi connectivity index (χ4v) is 2.37. The molecule has 1 N–H and O–H groups in total. The van der Waals surface area contributed by atoms with Crippen LogP contribution < -0.4 is 5.32 Å². The van der Waals surface area contributed by atoms with Gasteiger partial charge in [-0.1, -0.05) is 6.07 Å². The van der Waals surface area contributed by atoms with E-state index in [1.807, 2.05) is 29.6 Å². The van der Waals surface area contributed by atoms with Gasteiger partial charge >= 0.3 is 0 Å². The van der Waals surface area contributed by atoms with Crippen molar-refractivity contribution in [3.63, 3.8) is 0 Å². The monoisotopic (exact) mass is 247 g/mol. The van der Waals surface area contributed by atoms with Gasteiger partial charge in [-0.25, -0.2) is 0 Å². The van der Waals surface area contributed by atoms with Crippen LogP contribution in [0.4, 0.5) is 0 Å². The van der Waals surface area contributed by atoms with Crippen molar-refractivity contribution in [2.75, 3.05) is 0 Å². The molecule has 1 fully saturated rings. The number of amides is 1. The first-order chi connectivity index (χ1) is 8.33. The number of hydrogen-bond donors (Lipinski definition) is 1. The van der Waals surface area contributed by atoms with Crippen LogP contribution in [0.5, 0.6) is 0 Å². The molecule has 0 spiro atoms. The van der Waals surface area contributed by atoms with Gasteiger partial charge in [0.25, 0.3) is 0 Å². The first kappa shape index (κ1) is 10.6. The number of hydrogen-bond acceptors (Lipinski definition) is 3. The van der Waals surface area contributed by atoms with Crippen LogP contribution in [0.3, 0.4) is 0 Å². The van der Waals surface area contributed by atoms with Crippen LogP contribution in [0.2, 0.25) is 0 Å². The number of rotatable bonds is 4. The molecule has 3 rings (SSSR count). The van der Waals surface area contributed by atoms with Crippen molar-refractivity contribution in [2.45, 2.75) is 19.4 Å². The number of furan rings is 1. The Morgan fingerprint density at radius 3 is 3.00 bits per heavy atom. The molecule has 0 saturated heterocycles. The lowest BCUT2D eigenvalue weighted by atomic mass is 10.3. The molecule has 0 unspecified atom stereocenters. The van der Waals surface area contributed by atoms with Gasteiger partial charge in [0, 0.05) is 5.92 Å². The zero-order valence-corrected chi connectivity index (χ0v) is 10.1. The quantitative estimate of drug-likeness (QED) is 0.902. The van der Waals surface area contributed by atoms with Crippen LogP contribution in [0.15, 0.2) is 34.1 Å². The second-order valence-electron chi connectivity index (χ2n) is 4.24. The maximum atomic E-state index is 11.5. The van der Waals surface area contributed by atoms with E-state index in [2.05, 4.69) is 5.32 Å². The molecule has 0 radical (unpaired) electrons. The Balaban J connectivity index is 1.62. The minimum absolute atomic E-state index is 0.152. The molecule has 0 bridgehead atoms. The first-order valence-electron chi connectivity index (χ1n) is 5.73. The van der Waals surface area contributed by atoms with E-state index >= 15 is 0 Å². The fourth-order valence-electron chi connectivity index (χ4n) is 1.69. The highest BCUT2D eigenvalue weighted by Crippen LogP contribution is 2.29. The summed E-state index contributed by atoms with van der Waals surface area (Å²) in [6.07, 6.45) is 2.06. The van der Waals surface area contributed by atoms with E-state index in [4.69, 9.17) is 4.42 Å². The Labute approximate surface area is 103 Å². The standard InChI is InChI=1S/C13H13NO2S/c15-13(9-3-4-9)14-8-10-5-6-11(16-10)12-2-1-7-17-12/h1-2,5-7,9H,3-4,8H2,(H,14,15). The van der Waals surface area contributed by atoms with E-state index in [1.165, 1.54) is 0 Å². The van der Waals surface area contributed by atoms with Gasteiger partial charge in [-0.2, -0.15) is 0 Å². The van der Waals surface area contributed by atoms with Crippen molar-refractivity contribution in [3.05, 3.63) is 35.4 Å².